The van der Waals surface area contributed by atoms with E-state index in [1.165, 1.54) is 24.1 Å². The Morgan fingerprint density at radius 3 is 2.55 bits per heavy atom. The molecule has 0 aliphatic heterocycles. The lowest BCUT2D eigenvalue weighted by Crippen LogP contribution is -2.41. The Kier molecular flexibility index (Phi) is 12.6. The van der Waals surface area contributed by atoms with Gasteiger partial charge in [-0.15, -0.1) is 0 Å². The van der Waals surface area contributed by atoms with Crippen LogP contribution in [-0.2, 0) is 25.0 Å². The number of aryl methyl sites for hydroxylation is 1. The lowest BCUT2D eigenvalue weighted by molar-refractivity contribution is -0.133. The van der Waals surface area contributed by atoms with Crippen molar-refractivity contribution in [1.82, 2.24) is 9.88 Å². The summed E-state index contributed by atoms with van der Waals surface area (Å²) < 4.78 is 48.1. The van der Waals surface area contributed by atoms with Crippen molar-refractivity contribution < 1.29 is 42.0 Å². The highest BCUT2D eigenvalue weighted by Gasteiger charge is 2.23. The first kappa shape index (κ1) is 32.8. The van der Waals surface area contributed by atoms with Crippen molar-refractivity contribution in [3.8, 4) is 0 Å². The molecule has 0 aliphatic rings. The molecule has 1 heterocycles. The van der Waals surface area contributed by atoms with E-state index in [9.17, 15) is 22.9 Å². The van der Waals surface area contributed by atoms with E-state index in [0.29, 0.717) is 12.8 Å². The van der Waals surface area contributed by atoms with Crippen LogP contribution >= 0.6 is 7.82 Å². The van der Waals surface area contributed by atoms with Crippen molar-refractivity contribution in [2.75, 3.05) is 25.6 Å². The maximum atomic E-state index is 14.0. The largest absolute Gasteiger partial charge is 0.469 e. The van der Waals surface area contributed by atoms with E-state index in [2.05, 4.69) is 14.8 Å². The SMILES string of the molecule is C.CN(C(=O)CCc1cccc(F)c1F)[C@@H](CCCCOP(=O)(O)O)COC(=O)Nc1cc2ccccc2cn1. The highest BCUT2D eigenvalue weighted by Crippen LogP contribution is 2.35. The van der Waals surface area contributed by atoms with E-state index in [1.54, 1.807) is 12.3 Å². The van der Waals surface area contributed by atoms with E-state index in [4.69, 9.17) is 14.5 Å². The first-order chi connectivity index (χ1) is 18.5. The number of carbonyl (C=O) groups excluding carboxylic acids is 2. The maximum absolute atomic E-state index is 14.0. The molecule has 10 nitrogen and oxygen atoms in total. The fourth-order valence-corrected chi connectivity index (χ4v) is 4.25. The zero-order chi connectivity index (χ0) is 28.4. The normalized spacial score (nSPS) is 11.9. The molecule has 3 rings (SSSR count). The predicted octanol–water partition coefficient (Wildman–Crippen LogP) is 5.44. The standard InChI is InChI=1S/C26H30F2N3O7P.CH4/c1-31(24(32)13-12-18-9-6-11-22(27)25(18)28)21(10-4-5-14-38-39(34,35)36)17-37-26(33)30-23-15-19-7-2-3-8-20(19)16-29-23;/h2-3,6-9,11,15-16,21H,4-5,10,12-14,17H2,1H3,(H,29,30,33)(H2,34,35,36);1H4/t21-;/m0./s1. The van der Waals surface area contributed by atoms with Gasteiger partial charge in [-0.25, -0.2) is 23.1 Å². The van der Waals surface area contributed by atoms with Crippen LogP contribution in [0.4, 0.5) is 19.4 Å². The number of halogens is 2. The number of hydrogen-bond donors (Lipinski definition) is 3. The number of phosphoric acid groups is 1. The van der Waals surface area contributed by atoms with E-state index >= 15 is 0 Å². The summed E-state index contributed by atoms with van der Waals surface area (Å²) in [4.78, 5) is 48.5. The molecule has 0 saturated heterocycles. The fourth-order valence-electron chi connectivity index (χ4n) is 3.88. The van der Waals surface area contributed by atoms with Crippen LogP contribution < -0.4 is 5.32 Å². The van der Waals surface area contributed by atoms with Crippen molar-refractivity contribution in [3.63, 3.8) is 0 Å². The highest BCUT2D eigenvalue weighted by molar-refractivity contribution is 7.46. The Hall–Kier alpha value is -3.44. The minimum absolute atomic E-state index is 0. The number of aromatic nitrogens is 1. The summed E-state index contributed by atoms with van der Waals surface area (Å²) >= 11 is 0. The smallest absolute Gasteiger partial charge is 0.447 e. The maximum Gasteiger partial charge on any atom is 0.469 e. The number of phosphoric ester groups is 1. The number of rotatable bonds is 13. The number of nitrogens with one attached hydrogen (secondary N) is 1. The van der Waals surface area contributed by atoms with Gasteiger partial charge >= 0.3 is 13.9 Å². The van der Waals surface area contributed by atoms with Gasteiger partial charge in [-0.1, -0.05) is 43.8 Å². The predicted molar refractivity (Wildman–Crippen MR) is 147 cm³/mol. The van der Waals surface area contributed by atoms with E-state index in [1.807, 2.05) is 24.3 Å². The monoisotopic (exact) mass is 581 g/mol. The summed E-state index contributed by atoms with van der Waals surface area (Å²) in [6, 6.07) is 12.3. The van der Waals surface area contributed by atoms with E-state index in [-0.39, 0.29) is 57.2 Å². The molecule has 0 radical (unpaired) electrons. The van der Waals surface area contributed by atoms with Crippen LogP contribution in [0, 0.1) is 11.6 Å². The molecule has 0 bridgehead atoms. The molecule has 218 valence electrons. The lowest BCUT2D eigenvalue weighted by atomic mass is 10.1. The number of fused-ring (bicyclic) bond motifs is 1. The number of unbranched alkanes of at least 4 members (excludes halogenated alkanes) is 1. The molecule has 0 spiro atoms. The van der Waals surface area contributed by atoms with Gasteiger partial charge in [0, 0.05) is 25.1 Å². The average molecular weight is 582 g/mol. The van der Waals surface area contributed by atoms with Gasteiger partial charge in [0.25, 0.3) is 0 Å². The Balaban J connectivity index is 0.00000560. The lowest BCUT2D eigenvalue weighted by Gasteiger charge is -2.28. The number of ether oxygens (including phenoxy) is 1. The van der Waals surface area contributed by atoms with Gasteiger partial charge in [0.15, 0.2) is 11.6 Å². The van der Waals surface area contributed by atoms with Crippen molar-refractivity contribution in [2.45, 2.75) is 45.6 Å². The second kappa shape index (κ2) is 15.4. The fraction of sp³-hybridized carbons (Fsp3) is 0.370. The van der Waals surface area contributed by atoms with Gasteiger partial charge < -0.3 is 19.4 Å². The Morgan fingerprint density at radius 1 is 1.10 bits per heavy atom. The second-order valence-electron chi connectivity index (χ2n) is 8.83. The summed E-state index contributed by atoms with van der Waals surface area (Å²) in [5, 5.41) is 4.32. The number of pyridine rings is 1. The van der Waals surface area contributed by atoms with Gasteiger partial charge in [-0.05, 0) is 48.8 Å². The summed E-state index contributed by atoms with van der Waals surface area (Å²) in [5.74, 6) is -2.09. The molecule has 0 aliphatic carbocycles. The van der Waals surface area contributed by atoms with Crippen LogP contribution in [0.1, 0.15) is 38.7 Å². The molecule has 13 heteroatoms. The molecule has 1 atom stereocenters. The van der Waals surface area contributed by atoms with Gasteiger partial charge in [-0.3, -0.25) is 14.6 Å². The molecule has 3 N–H and O–H groups in total. The molecule has 0 unspecified atom stereocenters. The number of amides is 2. The zero-order valence-electron chi connectivity index (χ0n) is 21.3. The van der Waals surface area contributed by atoms with Crippen molar-refractivity contribution in [1.29, 1.82) is 0 Å². The summed E-state index contributed by atoms with van der Waals surface area (Å²) in [7, 11) is -3.08. The van der Waals surface area contributed by atoms with Crippen LogP contribution in [0.15, 0.2) is 54.7 Å². The molecular formula is C27H34F2N3O7P. The zero-order valence-corrected chi connectivity index (χ0v) is 22.2. The molecule has 0 fully saturated rings. The van der Waals surface area contributed by atoms with Crippen LogP contribution in [0.5, 0.6) is 0 Å². The van der Waals surface area contributed by atoms with E-state index < -0.39 is 31.6 Å². The highest BCUT2D eigenvalue weighted by atomic mass is 31.2. The Morgan fingerprint density at radius 2 is 1.82 bits per heavy atom. The molecule has 0 saturated carbocycles. The molecule has 3 aromatic rings. The third-order valence-electron chi connectivity index (χ3n) is 6.04. The first-order valence-corrected chi connectivity index (χ1v) is 13.7. The third-order valence-corrected chi connectivity index (χ3v) is 6.56. The van der Waals surface area contributed by atoms with Crippen LogP contribution in [0.2, 0.25) is 0 Å². The van der Waals surface area contributed by atoms with Crippen molar-refractivity contribution in [3.05, 3.63) is 71.9 Å². The topological polar surface area (TPSA) is 138 Å². The van der Waals surface area contributed by atoms with Gasteiger partial charge in [-0.2, -0.15) is 0 Å². The van der Waals surface area contributed by atoms with Crippen LogP contribution in [-0.4, -0.2) is 58.0 Å². The molecule has 1 aromatic heterocycles. The Labute approximate surface area is 231 Å². The number of anilines is 1. The number of carbonyl (C=O) groups is 2. The van der Waals surface area contributed by atoms with Crippen molar-refractivity contribution in [2.24, 2.45) is 0 Å². The van der Waals surface area contributed by atoms with Gasteiger partial charge in [0.1, 0.15) is 12.4 Å². The molecule has 40 heavy (non-hydrogen) atoms. The Bertz CT molecular complexity index is 1340. The molecule has 2 aromatic carbocycles. The molecule has 2 amide bonds. The minimum Gasteiger partial charge on any atom is -0.447 e. The second-order valence-corrected chi connectivity index (χ2v) is 10.1. The first-order valence-electron chi connectivity index (χ1n) is 12.2. The van der Waals surface area contributed by atoms with Crippen LogP contribution in [0.25, 0.3) is 10.8 Å². The van der Waals surface area contributed by atoms with Gasteiger partial charge in [0.05, 0.1) is 12.6 Å². The summed E-state index contributed by atoms with van der Waals surface area (Å²) in [5.41, 5.74) is 0.0707. The van der Waals surface area contributed by atoms with Gasteiger partial charge in [0.2, 0.25) is 5.91 Å². The molecular weight excluding hydrogens is 547 g/mol. The number of hydrogen-bond acceptors (Lipinski definition) is 6. The average Bonchev–Trinajstić information content (AvgIpc) is 2.89. The number of likely N-dealkylation sites (N-methyl/N-ethyl adjacent to an activating group) is 1. The summed E-state index contributed by atoms with van der Waals surface area (Å²) in [6.45, 7) is -0.377. The quantitative estimate of drug-likeness (QED) is 0.179. The number of nitrogens with zero attached hydrogens (tertiary/aromatic N) is 2. The minimum atomic E-state index is -4.59. The number of benzene rings is 2. The summed E-state index contributed by atoms with van der Waals surface area (Å²) in [6.07, 6.45) is 1.70. The third kappa shape index (κ3) is 10.3. The van der Waals surface area contributed by atoms with Crippen molar-refractivity contribution >= 4 is 36.4 Å². The van der Waals surface area contributed by atoms with E-state index in [0.717, 1.165) is 16.8 Å². The van der Waals surface area contributed by atoms with Crippen LogP contribution in [0.3, 0.4) is 0 Å².